The summed E-state index contributed by atoms with van der Waals surface area (Å²) in [6.45, 7) is -0.948. The maximum Gasteiger partial charge on any atom is 0.363 e. The van der Waals surface area contributed by atoms with E-state index < -0.39 is 33.5 Å². The molecule has 0 radical (unpaired) electrons. The fourth-order valence-corrected chi connectivity index (χ4v) is 2.01. The molecule has 1 aromatic rings. The number of aliphatic hydroxyl groups is 2. The van der Waals surface area contributed by atoms with Crippen LogP contribution in [0.4, 0.5) is 5.82 Å². The van der Waals surface area contributed by atoms with E-state index in [-0.39, 0.29) is 11.4 Å². The van der Waals surface area contributed by atoms with Gasteiger partial charge < -0.3 is 20.3 Å². The van der Waals surface area contributed by atoms with Crippen molar-refractivity contribution in [2.75, 3.05) is 13.2 Å². The Bertz CT molecular complexity index is 514. The minimum atomic E-state index is -3.91. The van der Waals surface area contributed by atoms with Crippen molar-refractivity contribution in [2.24, 2.45) is 0 Å². The minimum absolute atomic E-state index is 0.266. The third kappa shape index (κ3) is 3.70. The van der Waals surface area contributed by atoms with Crippen molar-refractivity contribution in [3.05, 3.63) is 28.4 Å². The van der Waals surface area contributed by atoms with Gasteiger partial charge in [0.25, 0.3) is 0 Å². The molecule has 1 atom stereocenters. The van der Waals surface area contributed by atoms with Crippen molar-refractivity contribution in [3.63, 3.8) is 0 Å². The predicted octanol–water partition coefficient (Wildman–Crippen LogP) is -1.38. The Morgan fingerprint density at radius 2 is 2.17 bits per heavy atom. The lowest BCUT2D eigenvalue weighted by molar-refractivity contribution is -0.389. The van der Waals surface area contributed by atoms with Crippen LogP contribution < -0.4 is 4.72 Å². The summed E-state index contributed by atoms with van der Waals surface area (Å²) in [5.41, 5.74) is 0. The highest BCUT2D eigenvalue weighted by Gasteiger charge is 2.18. The highest BCUT2D eigenvalue weighted by atomic mass is 32.2. The fourth-order valence-electron chi connectivity index (χ4n) is 0.993. The normalized spacial score (nSPS) is 13.2. The van der Waals surface area contributed by atoms with Gasteiger partial charge in [-0.1, -0.05) is 0 Å². The number of aromatic nitrogens is 1. The van der Waals surface area contributed by atoms with E-state index in [1.165, 1.54) is 0 Å². The second kappa shape index (κ2) is 5.82. The van der Waals surface area contributed by atoms with E-state index in [1.54, 1.807) is 0 Å². The van der Waals surface area contributed by atoms with Gasteiger partial charge in [0.1, 0.15) is 4.90 Å². The van der Waals surface area contributed by atoms with Crippen LogP contribution in [0.15, 0.2) is 23.2 Å². The lowest BCUT2D eigenvalue weighted by Crippen LogP contribution is -2.33. The molecule has 0 aromatic carbocycles. The SMILES string of the molecule is O=[N+]([O-])c1ccc(S(=O)(=O)NCC(O)CO)cn1. The smallest absolute Gasteiger partial charge is 0.363 e. The average Bonchev–Trinajstić information content (AvgIpc) is 2.36. The van der Waals surface area contributed by atoms with Gasteiger partial charge >= 0.3 is 5.82 Å². The summed E-state index contributed by atoms with van der Waals surface area (Å²) in [5, 5.41) is 27.9. The Kier molecular flexibility index (Phi) is 4.67. The van der Waals surface area contributed by atoms with E-state index >= 15 is 0 Å². The molecule has 1 rings (SSSR count). The number of aliphatic hydroxyl groups excluding tert-OH is 2. The highest BCUT2D eigenvalue weighted by Crippen LogP contribution is 2.11. The number of pyridine rings is 1. The summed E-state index contributed by atoms with van der Waals surface area (Å²) in [6.07, 6.45) is -0.378. The molecule has 0 fully saturated rings. The molecule has 0 bridgehead atoms. The first kappa shape index (κ1) is 14.4. The van der Waals surface area contributed by atoms with Crippen molar-refractivity contribution in [1.29, 1.82) is 0 Å². The number of nitro groups is 1. The van der Waals surface area contributed by atoms with Crippen LogP contribution in [0.1, 0.15) is 0 Å². The van der Waals surface area contributed by atoms with E-state index in [0.29, 0.717) is 0 Å². The first-order valence-electron chi connectivity index (χ1n) is 4.76. The Balaban J connectivity index is 2.82. The van der Waals surface area contributed by atoms with Gasteiger partial charge in [0, 0.05) is 12.6 Å². The zero-order valence-corrected chi connectivity index (χ0v) is 9.87. The van der Waals surface area contributed by atoms with E-state index in [1.807, 2.05) is 4.72 Å². The summed E-state index contributed by atoms with van der Waals surface area (Å²) < 4.78 is 25.3. The van der Waals surface area contributed by atoms with Crippen LogP contribution in [0.2, 0.25) is 0 Å². The van der Waals surface area contributed by atoms with Crippen molar-refractivity contribution < 1.29 is 23.6 Å². The topological polar surface area (TPSA) is 143 Å². The molecule has 1 unspecified atom stereocenters. The Morgan fingerprint density at radius 1 is 1.50 bits per heavy atom. The second-order valence-corrected chi connectivity index (χ2v) is 5.06. The van der Waals surface area contributed by atoms with Crippen LogP contribution in [0.5, 0.6) is 0 Å². The van der Waals surface area contributed by atoms with Gasteiger partial charge in [-0.05, 0) is 16.0 Å². The van der Waals surface area contributed by atoms with Crippen molar-refractivity contribution >= 4 is 15.8 Å². The molecule has 1 heterocycles. The van der Waals surface area contributed by atoms with Gasteiger partial charge in [0.2, 0.25) is 10.0 Å². The van der Waals surface area contributed by atoms with Gasteiger partial charge in [-0.15, -0.1) is 0 Å². The predicted molar refractivity (Wildman–Crippen MR) is 59.2 cm³/mol. The van der Waals surface area contributed by atoms with Crippen molar-refractivity contribution in [3.8, 4) is 0 Å². The molecule has 100 valence electrons. The lowest BCUT2D eigenvalue weighted by atomic mass is 10.4. The fraction of sp³-hybridized carbons (Fsp3) is 0.375. The molecule has 0 spiro atoms. The number of nitrogens with zero attached hydrogens (tertiary/aromatic N) is 2. The third-order valence-electron chi connectivity index (χ3n) is 1.94. The van der Waals surface area contributed by atoms with Crippen LogP contribution in [-0.2, 0) is 10.0 Å². The van der Waals surface area contributed by atoms with Crippen LogP contribution in [0, 0.1) is 10.1 Å². The summed E-state index contributed by atoms with van der Waals surface area (Å²) in [4.78, 5) is 12.7. The summed E-state index contributed by atoms with van der Waals surface area (Å²) in [7, 11) is -3.91. The second-order valence-electron chi connectivity index (χ2n) is 3.30. The molecule has 10 heteroatoms. The first-order chi connectivity index (χ1) is 8.36. The molecule has 0 aliphatic heterocycles. The molecule has 0 saturated carbocycles. The van der Waals surface area contributed by atoms with Crippen LogP contribution in [0.25, 0.3) is 0 Å². The average molecular weight is 277 g/mol. The molecule has 9 nitrogen and oxygen atoms in total. The zero-order chi connectivity index (χ0) is 13.8. The van der Waals surface area contributed by atoms with Crippen molar-refractivity contribution in [1.82, 2.24) is 9.71 Å². The quantitative estimate of drug-likeness (QED) is 0.429. The highest BCUT2D eigenvalue weighted by molar-refractivity contribution is 7.89. The number of hydrogen-bond acceptors (Lipinski definition) is 7. The monoisotopic (exact) mass is 277 g/mol. The van der Waals surface area contributed by atoms with Gasteiger partial charge in [0.15, 0.2) is 6.20 Å². The lowest BCUT2D eigenvalue weighted by Gasteiger charge is -2.08. The number of rotatable bonds is 6. The van der Waals surface area contributed by atoms with E-state index in [4.69, 9.17) is 10.2 Å². The van der Waals surface area contributed by atoms with E-state index in [9.17, 15) is 18.5 Å². The summed E-state index contributed by atoms with van der Waals surface area (Å²) >= 11 is 0. The minimum Gasteiger partial charge on any atom is -0.394 e. The maximum absolute atomic E-state index is 11.6. The van der Waals surface area contributed by atoms with Gasteiger partial charge in [0.05, 0.1) is 12.7 Å². The number of nitrogens with one attached hydrogen (secondary N) is 1. The van der Waals surface area contributed by atoms with Crippen LogP contribution >= 0.6 is 0 Å². The molecule has 0 saturated heterocycles. The molecular weight excluding hydrogens is 266 g/mol. The summed E-state index contributed by atoms with van der Waals surface area (Å²) in [6, 6.07) is 1.98. The molecule has 0 amide bonds. The number of sulfonamides is 1. The first-order valence-corrected chi connectivity index (χ1v) is 6.24. The molecule has 3 N–H and O–H groups in total. The molecular formula is C8H11N3O6S. The largest absolute Gasteiger partial charge is 0.394 e. The summed E-state index contributed by atoms with van der Waals surface area (Å²) in [5.74, 6) is -0.468. The van der Waals surface area contributed by atoms with Crippen molar-refractivity contribution in [2.45, 2.75) is 11.0 Å². The van der Waals surface area contributed by atoms with Gasteiger partial charge in [-0.2, -0.15) is 0 Å². The zero-order valence-electron chi connectivity index (χ0n) is 9.05. The molecule has 18 heavy (non-hydrogen) atoms. The molecule has 1 aromatic heterocycles. The standard InChI is InChI=1S/C8H11N3O6S/c12-5-6(13)3-10-18(16,17)7-1-2-8(9-4-7)11(14)15/h1-2,4,6,10,12-13H,3,5H2. The van der Waals surface area contributed by atoms with Gasteiger partial charge in [-0.25, -0.2) is 13.1 Å². The molecule has 0 aliphatic rings. The molecule has 0 aliphatic carbocycles. The van der Waals surface area contributed by atoms with E-state index in [2.05, 4.69) is 4.98 Å². The van der Waals surface area contributed by atoms with Crippen LogP contribution in [-0.4, -0.2) is 47.8 Å². The Morgan fingerprint density at radius 3 is 2.61 bits per heavy atom. The van der Waals surface area contributed by atoms with Gasteiger partial charge in [-0.3, -0.25) is 0 Å². The Hall–Kier alpha value is -1.62. The third-order valence-corrected chi connectivity index (χ3v) is 3.35. The Labute approximate surface area is 102 Å². The maximum atomic E-state index is 11.6. The number of hydrogen-bond donors (Lipinski definition) is 3. The van der Waals surface area contributed by atoms with Crippen LogP contribution in [0.3, 0.4) is 0 Å². The van der Waals surface area contributed by atoms with E-state index in [0.717, 1.165) is 18.3 Å².